The molecule has 4 aliphatic heterocycles. The van der Waals surface area contributed by atoms with E-state index in [1.165, 1.54) is 12.0 Å². The van der Waals surface area contributed by atoms with E-state index in [9.17, 15) is 24.3 Å². The number of cyclic esters (lactones) is 1. The maximum Gasteiger partial charge on any atom is 0.313 e. The van der Waals surface area contributed by atoms with Crippen LogP contribution in [0.2, 0.25) is 0 Å². The van der Waals surface area contributed by atoms with Crippen LogP contribution in [0.3, 0.4) is 0 Å². The minimum Gasteiger partial charge on any atom is -0.455 e. The molecule has 45 heavy (non-hydrogen) atoms. The Morgan fingerprint density at radius 2 is 1.89 bits per heavy atom. The molecule has 0 saturated carbocycles. The number of hydrogen-bond donors (Lipinski definition) is 2. The Labute approximate surface area is 264 Å². The minimum atomic E-state index is -1.45. The molecule has 4 aliphatic rings. The van der Waals surface area contributed by atoms with Gasteiger partial charge in [-0.1, -0.05) is 74.9 Å². The fourth-order valence-corrected chi connectivity index (χ4v) is 7.23. The average molecular weight is 624 g/mol. The molecule has 0 aliphatic carbocycles. The van der Waals surface area contributed by atoms with Crippen molar-refractivity contribution in [3.63, 3.8) is 0 Å². The van der Waals surface area contributed by atoms with Gasteiger partial charge in [-0.15, -0.1) is 0 Å². The molecule has 0 unspecified atom stereocenters. The van der Waals surface area contributed by atoms with Crippen LogP contribution in [0, 0.1) is 11.8 Å². The monoisotopic (exact) mass is 623 g/mol. The van der Waals surface area contributed by atoms with Crippen LogP contribution in [0.1, 0.15) is 57.6 Å². The van der Waals surface area contributed by atoms with E-state index in [0.29, 0.717) is 31.5 Å². The van der Waals surface area contributed by atoms with Gasteiger partial charge in [0.15, 0.2) is 0 Å². The zero-order valence-corrected chi connectivity index (χ0v) is 26.3. The summed E-state index contributed by atoms with van der Waals surface area (Å²) in [7, 11) is 1.51. The largest absolute Gasteiger partial charge is 0.455 e. The maximum absolute atomic E-state index is 14.5. The van der Waals surface area contributed by atoms with Crippen molar-refractivity contribution in [3.8, 4) is 0 Å². The summed E-state index contributed by atoms with van der Waals surface area (Å²) in [6.45, 7) is 4.52. The molecule has 3 amide bonds. The first kappa shape index (κ1) is 32.8. The zero-order chi connectivity index (χ0) is 32.1. The second kappa shape index (κ2) is 14.3. The van der Waals surface area contributed by atoms with E-state index in [1.807, 2.05) is 50.3 Å². The highest BCUT2D eigenvalue weighted by Crippen LogP contribution is 2.54. The molecule has 11 nitrogen and oxygen atoms in total. The van der Waals surface area contributed by atoms with Gasteiger partial charge in [0.05, 0.1) is 37.3 Å². The molecule has 2 fully saturated rings. The molecule has 11 heteroatoms. The molecule has 8 atom stereocenters. The number of ether oxygens (including phenoxy) is 3. The number of benzene rings is 1. The summed E-state index contributed by atoms with van der Waals surface area (Å²) in [4.78, 5) is 59.4. The topological polar surface area (TPSA) is 135 Å². The predicted molar refractivity (Wildman–Crippen MR) is 164 cm³/mol. The Hall–Kier alpha value is -3.54. The Bertz CT molecular complexity index is 1300. The summed E-state index contributed by atoms with van der Waals surface area (Å²) in [6, 6.07) is 6.72. The third-order valence-corrected chi connectivity index (χ3v) is 9.44. The van der Waals surface area contributed by atoms with Crippen LogP contribution in [0.5, 0.6) is 0 Å². The molecule has 0 radical (unpaired) electrons. The number of fused-ring (bicyclic) bond motifs is 2. The van der Waals surface area contributed by atoms with Gasteiger partial charge in [-0.05, 0) is 24.8 Å². The zero-order valence-electron chi connectivity index (χ0n) is 26.3. The molecule has 0 aromatic heterocycles. The second-order valence-corrected chi connectivity index (χ2v) is 12.2. The first-order valence-electron chi connectivity index (χ1n) is 16.1. The van der Waals surface area contributed by atoms with E-state index in [1.54, 1.807) is 23.1 Å². The number of nitrogens with zero attached hydrogens (tertiary/aromatic N) is 2. The van der Waals surface area contributed by atoms with E-state index in [2.05, 4.69) is 5.32 Å². The molecular formula is C34H45N3O8. The molecule has 244 valence electrons. The smallest absolute Gasteiger partial charge is 0.313 e. The van der Waals surface area contributed by atoms with Gasteiger partial charge in [0.2, 0.25) is 17.7 Å². The molecule has 2 N–H and O–H groups in total. The lowest BCUT2D eigenvalue weighted by molar-refractivity contribution is -0.163. The van der Waals surface area contributed by atoms with Crippen LogP contribution in [-0.2, 0) is 33.4 Å². The Balaban J connectivity index is 1.61. The van der Waals surface area contributed by atoms with Gasteiger partial charge in [-0.2, -0.15) is 0 Å². The number of rotatable bonds is 9. The molecule has 1 aromatic carbocycles. The molecule has 1 aromatic rings. The molecule has 5 rings (SSSR count). The number of nitrogens with one attached hydrogen (secondary N) is 1. The van der Waals surface area contributed by atoms with Gasteiger partial charge in [0.25, 0.3) is 0 Å². The summed E-state index contributed by atoms with van der Waals surface area (Å²) in [5.41, 5.74) is -0.788. The number of likely N-dealkylation sites (tertiary alicyclic amines) is 1. The van der Waals surface area contributed by atoms with Crippen molar-refractivity contribution in [2.45, 2.75) is 81.9 Å². The van der Waals surface area contributed by atoms with Crippen LogP contribution < -0.4 is 5.32 Å². The lowest BCUT2D eigenvalue weighted by atomic mass is 9.77. The number of aliphatic hydroxyl groups excluding tert-OH is 1. The van der Waals surface area contributed by atoms with Gasteiger partial charge >= 0.3 is 5.97 Å². The Morgan fingerprint density at radius 1 is 1.11 bits per heavy atom. The van der Waals surface area contributed by atoms with Crippen LogP contribution in [-0.4, -0.2) is 102 Å². The lowest BCUT2D eigenvalue weighted by Crippen LogP contribution is -2.58. The number of methoxy groups -OCH3 is 1. The average Bonchev–Trinajstić information content (AvgIpc) is 3.43. The highest BCUT2D eigenvalue weighted by Gasteiger charge is 2.72. The Kier molecular flexibility index (Phi) is 10.4. The van der Waals surface area contributed by atoms with Crippen LogP contribution in [0.15, 0.2) is 54.6 Å². The van der Waals surface area contributed by atoms with Crippen molar-refractivity contribution >= 4 is 23.7 Å². The van der Waals surface area contributed by atoms with Crippen molar-refractivity contribution in [3.05, 3.63) is 60.2 Å². The number of aliphatic hydroxyl groups is 1. The van der Waals surface area contributed by atoms with Crippen LogP contribution in [0.25, 0.3) is 0 Å². The van der Waals surface area contributed by atoms with Gasteiger partial charge in [0, 0.05) is 26.6 Å². The predicted octanol–water partition coefficient (Wildman–Crippen LogP) is 2.30. The van der Waals surface area contributed by atoms with Gasteiger partial charge in [-0.25, -0.2) is 0 Å². The fraction of sp³-hybridized carbons (Fsp3) is 0.588. The second-order valence-electron chi connectivity index (χ2n) is 12.2. The summed E-state index contributed by atoms with van der Waals surface area (Å²) in [5, 5.41) is 13.3. The third-order valence-electron chi connectivity index (χ3n) is 9.44. The van der Waals surface area contributed by atoms with Gasteiger partial charge in [0.1, 0.15) is 23.7 Å². The standard InChI is InChI=1S/C34H45N3O8/c1-4-6-18-36-19-12-17-34-28(31(40)37(23(5-2)20-38)30(34)32(36)41)27-25(45-34)15-10-11-16-26(39)35-24(21-43-3)29(44-33(27)42)22-13-8-7-9-14-22/h7-10,12-15,17,23-25,27-30,38H,4-6,11,16,18-21H2,1-3H3,(H,35,39)/b15-10-/t23-,24-,25-,27+,28+,29-,30-,34+/m0/s1. The van der Waals surface area contributed by atoms with Crippen molar-refractivity contribution in [2.75, 3.05) is 33.4 Å². The van der Waals surface area contributed by atoms with Gasteiger partial charge in [-0.3, -0.25) is 19.2 Å². The van der Waals surface area contributed by atoms with Crippen LogP contribution >= 0.6 is 0 Å². The summed E-state index contributed by atoms with van der Waals surface area (Å²) >= 11 is 0. The molecular weight excluding hydrogens is 578 g/mol. The van der Waals surface area contributed by atoms with E-state index < -0.39 is 59.6 Å². The SMILES string of the molecule is CCCCN1CC=C[C@@]23O[C@H]4/C=C\CCC(=O)N[C@@H](COC)[C@H](c5ccccc5)OC(=O)[C@H]4[C@@H]2C(=O)N([C@@H](CC)CO)[C@H]3C1=O. The number of carbonyl (C=O) groups excluding carboxylic acids is 4. The highest BCUT2D eigenvalue weighted by molar-refractivity contribution is 5.99. The molecule has 4 heterocycles. The van der Waals surface area contributed by atoms with Crippen molar-refractivity contribution < 1.29 is 38.5 Å². The van der Waals surface area contributed by atoms with Gasteiger partial charge < -0.3 is 34.4 Å². The van der Waals surface area contributed by atoms with Crippen molar-refractivity contribution in [1.82, 2.24) is 15.1 Å². The minimum absolute atomic E-state index is 0.0840. The summed E-state index contributed by atoms with van der Waals surface area (Å²) in [5.74, 6) is -3.71. The highest BCUT2D eigenvalue weighted by atomic mass is 16.6. The quantitative estimate of drug-likeness (QED) is 0.316. The Morgan fingerprint density at radius 3 is 2.58 bits per heavy atom. The van der Waals surface area contributed by atoms with Crippen molar-refractivity contribution in [2.24, 2.45) is 11.8 Å². The first-order valence-corrected chi connectivity index (χ1v) is 16.1. The first-order chi connectivity index (χ1) is 21.8. The third kappa shape index (κ3) is 6.17. The lowest BCUT2D eigenvalue weighted by Gasteiger charge is -2.38. The summed E-state index contributed by atoms with van der Waals surface area (Å²) in [6.07, 6.45) is 8.01. The van der Waals surface area contributed by atoms with E-state index >= 15 is 0 Å². The fourth-order valence-electron chi connectivity index (χ4n) is 7.23. The molecule has 1 spiro atoms. The molecule has 0 bridgehead atoms. The van der Waals surface area contributed by atoms with E-state index in [4.69, 9.17) is 14.2 Å². The normalized spacial score (nSPS) is 33.2. The number of allylic oxidation sites excluding steroid dienone is 1. The number of esters is 1. The summed E-state index contributed by atoms with van der Waals surface area (Å²) < 4.78 is 18.4. The molecule has 2 saturated heterocycles. The van der Waals surface area contributed by atoms with E-state index in [0.717, 1.165) is 12.8 Å². The number of hydrogen-bond acceptors (Lipinski definition) is 8. The van der Waals surface area contributed by atoms with Crippen LogP contribution in [0.4, 0.5) is 0 Å². The van der Waals surface area contributed by atoms with Crippen molar-refractivity contribution in [1.29, 1.82) is 0 Å². The number of carbonyl (C=O) groups is 4. The maximum atomic E-state index is 14.5. The number of amides is 3. The number of unbranched alkanes of at least 4 members (excludes halogenated alkanes) is 1. The van der Waals surface area contributed by atoms with E-state index in [-0.39, 0.29) is 31.4 Å².